The fourth-order valence-electron chi connectivity index (χ4n) is 1.81. The van der Waals surface area contributed by atoms with Crippen molar-refractivity contribution in [2.75, 3.05) is 13.7 Å². The Balaban J connectivity index is 2.56. The molecular formula is C13H20O2. The molecule has 0 saturated carbocycles. The van der Waals surface area contributed by atoms with Gasteiger partial charge >= 0.3 is 0 Å². The molecule has 0 aliphatic rings. The van der Waals surface area contributed by atoms with Crippen LogP contribution in [0.15, 0.2) is 18.2 Å². The van der Waals surface area contributed by atoms with Gasteiger partial charge in [-0.05, 0) is 32.3 Å². The fourth-order valence-corrected chi connectivity index (χ4v) is 1.81. The zero-order valence-electron chi connectivity index (χ0n) is 9.79. The normalized spacial score (nSPS) is 12.8. The van der Waals surface area contributed by atoms with E-state index < -0.39 is 0 Å². The summed E-state index contributed by atoms with van der Waals surface area (Å²) in [5.41, 5.74) is 3.71. The lowest BCUT2D eigenvalue weighted by molar-refractivity contribution is 0.110. The van der Waals surface area contributed by atoms with Crippen LogP contribution in [0.3, 0.4) is 0 Å². The Morgan fingerprint density at radius 3 is 2.33 bits per heavy atom. The molecule has 0 aliphatic heterocycles. The molecular weight excluding hydrogens is 188 g/mol. The number of aliphatic hydroxyl groups is 1. The summed E-state index contributed by atoms with van der Waals surface area (Å²) in [6.45, 7) is 4.78. The van der Waals surface area contributed by atoms with Crippen LogP contribution in [0.1, 0.15) is 23.1 Å². The average molecular weight is 208 g/mol. The first kappa shape index (κ1) is 12.2. The van der Waals surface area contributed by atoms with Crippen LogP contribution in [0.2, 0.25) is 0 Å². The zero-order valence-corrected chi connectivity index (χ0v) is 9.79. The van der Waals surface area contributed by atoms with E-state index in [9.17, 15) is 5.11 Å². The number of rotatable bonds is 5. The summed E-state index contributed by atoms with van der Waals surface area (Å²) in [5, 5.41) is 9.74. The van der Waals surface area contributed by atoms with Crippen molar-refractivity contribution in [1.82, 2.24) is 0 Å². The number of methoxy groups -OCH3 is 1. The van der Waals surface area contributed by atoms with E-state index in [0.717, 1.165) is 0 Å². The van der Waals surface area contributed by atoms with Crippen LogP contribution >= 0.6 is 0 Å². The highest BCUT2D eigenvalue weighted by molar-refractivity contribution is 5.28. The molecule has 0 fully saturated rings. The molecule has 0 spiro atoms. The van der Waals surface area contributed by atoms with Gasteiger partial charge in [0.25, 0.3) is 0 Å². The summed E-state index contributed by atoms with van der Waals surface area (Å²) in [6, 6.07) is 6.40. The Kier molecular flexibility index (Phi) is 4.79. The molecule has 0 heterocycles. The number of hydrogen-bond donors (Lipinski definition) is 1. The Morgan fingerprint density at radius 2 is 1.80 bits per heavy atom. The predicted molar refractivity (Wildman–Crippen MR) is 62.1 cm³/mol. The number of ether oxygens (including phenoxy) is 1. The zero-order chi connectivity index (χ0) is 11.3. The molecule has 0 aromatic heterocycles. The summed E-state index contributed by atoms with van der Waals surface area (Å²) >= 11 is 0. The topological polar surface area (TPSA) is 29.5 Å². The third kappa shape index (κ3) is 4.45. The molecule has 15 heavy (non-hydrogen) atoms. The van der Waals surface area contributed by atoms with Gasteiger partial charge in [0, 0.05) is 13.7 Å². The standard InChI is InChI=1S/C13H20O2/c1-10-6-11(2)8-12(7-10)9-13(14)4-5-15-3/h6-8,13-14H,4-5,9H2,1-3H3. The number of aryl methyl sites for hydroxylation is 2. The van der Waals surface area contributed by atoms with Crippen molar-refractivity contribution in [2.24, 2.45) is 0 Å². The van der Waals surface area contributed by atoms with E-state index >= 15 is 0 Å². The first-order valence-corrected chi connectivity index (χ1v) is 5.36. The third-order valence-corrected chi connectivity index (χ3v) is 2.41. The first-order chi connectivity index (χ1) is 7.11. The van der Waals surface area contributed by atoms with Crippen molar-refractivity contribution in [3.63, 3.8) is 0 Å². The maximum atomic E-state index is 9.74. The van der Waals surface area contributed by atoms with Crippen molar-refractivity contribution in [3.8, 4) is 0 Å². The van der Waals surface area contributed by atoms with Gasteiger partial charge in [-0.1, -0.05) is 29.3 Å². The molecule has 84 valence electrons. The van der Waals surface area contributed by atoms with Crippen molar-refractivity contribution in [3.05, 3.63) is 34.9 Å². The van der Waals surface area contributed by atoms with E-state index in [1.807, 2.05) is 0 Å². The van der Waals surface area contributed by atoms with Crippen LogP contribution in [-0.4, -0.2) is 24.9 Å². The van der Waals surface area contributed by atoms with Crippen molar-refractivity contribution in [1.29, 1.82) is 0 Å². The molecule has 2 nitrogen and oxygen atoms in total. The monoisotopic (exact) mass is 208 g/mol. The minimum Gasteiger partial charge on any atom is -0.393 e. The second-order valence-electron chi connectivity index (χ2n) is 4.14. The summed E-state index contributed by atoms with van der Waals surface area (Å²) in [7, 11) is 1.66. The van der Waals surface area contributed by atoms with Gasteiger partial charge < -0.3 is 9.84 Å². The van der Waals surface area contributed by atoms with Crippen molar-refractivity contribution < 1.29 is 9.84 Å². The van der Waals surface area contributed by atoms with Gasteiger partial charge in [0.1, 0.15) is 0 Å². The molecule has 1 N–H and O–H groups in total. The highest BCUT2D eigenvalue weighted by atomic mass is 16.5. The Hall–Kier alpha value is -0.860. The Morgan fingerprint density at radius 1 is 1.20 bits per heavy atom. The maximum absolute atomic E-state index is 9.74. The fraction of sp³-hybridized carbons (Fsp3) is 0.538. The lowest BCUT2D eigenvalue weighted by Gasteiger charge is -2.11. The van der Waals surface area contributed by atoms with Crippen molar-refractivity contribution in [2.45, 2.75) is 32.8 Å². The van der Waals surface area contributed by atoms with Crippen LogP contribution in [0.4, 0.5) is 0 Å². The van der Waals surface area contributed by atoms with Crippen LogP contribution in [0.25, 0.3) is 0 Å². The van der Waals surface area contributed by atoms with Gasteiger partial charge in [-0.2, -0.15) is 0 Å². The van der Waals surface area contributed by atoms with E-state index in [1.54, 1.807) is 7.11 Å². The lowest BCUT2D eigenvalue weighted by atomic mass is 10.0. The molecule has 1 atom stereocenters. The van der Waals surface area contributed by atoms with Gasteiger partial charge in [-0.25, -0.2) is 0 Å². The minimum absolute atomic E-state index is 0.300. The Bertz CT molecular complexity index is 287. The number of aliphatic hydroxyl groups excluding tert-OH is 1. The third-order valence-electron chi connectivity index (χ3n) is 2.41. The highest BCUT2D eigenvalue weighted by Crippen LogP contribution is 2.12. The van der Waals surface area contributed by atoms with E-state index in [4.69, 9.17) is 4.74 Å². The highest BCUT2D eigenvalue weighted by Gasteiger charge is 2.05. The number of benzene rings is 1. The van der Waals surface area contributed by atoms with Crippen LogP contribution in [-0.2, 0) is 11.2 Å². The molecule has 0 radical (unpaired) electrons. The maximum Gasteiger partial charge on any atom is 0.0602 e. The Labute approximate surface area is 91.9 Å². The van der Waals surface area contributed by atoms with E-state index in [0.29, 0.717) is 19.4 Å². The van der Waals surface area contributed by atoms with Crippen LogP contribution in [0.5, 0.6) is 0 Å². The van der Waals surface area contributed by atoms with Gasteiger partial charge in [0.2, 0.25) is 0 Å². The molecule has 1 rings (SSSR count). The van der Waals surface area contributed by atoms with E-state index in [1.165, 1.54) is 16.7 Å². The van der Waals surface area contributed by atoms with Gasteiger partial charge in [-0.3, -0.25) is 0 Å². The largest absolute Gasteiger partial charge is 0.393 e. The molecule has 0 bridgehead atoms. The predicted octanol–water partition coefficient (Wildman–Crippen LogP) is 2.24. The average Bonchev–Trinajstić information content (AvgIpc) is 2.13. The molecule has 0 saturated heterocycles. The first-order valence-electron chi connectivity index (χ1n) is 5.36. The minimum atomic E-state index is -0.300. The quantitative estimate of drug-likeness (QED) is 0.804. The van der Waals surface area contributed by atoms with Gasteiger partial charge in [-0.15, -0.1) is 0 Å². The molecule has 0 amide bonds. The summed E-state index contributed by atoms with van der Waals surface area (Å²) in [5.74, 6) is 0. The van der Waals surface area contributed by atoms with Gasteiger partial charge in [0.05, 0.1) is 6.10 Å². The molecule has 0 aliphatic carbocycles. The molecule has 1 aromatic carbocycles. The summed E-state index contributed by atoms with van der Waals surface area (Å²) < 4.78 is 4.94. The number of hydrogen-bond acceptors (Lipinski definition) is 2. The van der Waals surface area contributed by atoms with E-state index in [-0.39, 0.29) is 6.10 Å². The SMILES string of the molecule is COCCC(O)Cc1cc(C)cc(C)c1. The second kappa shape index (κ2) is 5.89. The molecule has 2 heteroatoms. The summed E-state index contributed by atoms with van der Waals surface area (Å²) in [6.07, 6.45) is 1.11. The molecule has 1 aromatic rings. The second-order valence-corrected chi connectivity index (χ2v) is 4.14. The smallest absolute Gasteiger partial charge is 0.0602 e. The van der Waals surface area contributed by atoms with E-state index in [2.05, 4.69) is 32.0 Å². The van der Waals surface area contributed by atoms with Crippen LogP contribution in [0, 0.1) is 13.8 Å². The van der Waals surface area contributed by atoms with Gasteiger partial charge in [0.15, 0.2) is 0 Å². The van der Waals surface area contributed by atoms with Crippen LogP contribution < -0.4 is 0 Å². The lowest BCUT2D eigenvalue weighted by Crippen LogP contribution is -2.13. The molecule has 1 unspecified atom stereocenters. The summed E-state index contributed by atoms with van der Waals surface area (Å²) in [4.78, 5) is 0. The van der Waals surface area contributed by atoms with Crippen molar-refractivity contribution >= 4 is 0 Å².